The quantitative estimate of drug-likeness (QED) is 0.315. The summed E-state index contributed by atoms with van der Waals surface area (Å²) in [6.45, 7) is 0. The Hall–Kier alpha value is 2.42. The van der Waals surface area contributed by atoms with Gasteiger partial charge >= 0.3 is 7.82 Å². The van der Waals surface area contributed by atoms with Crippen LogP contribution in [-0.4, -0.2) is 32.7 Å². The maximum atomic E-state index is 12.1. The van der Waals surface area contributed by atoms with E-state index in [1.165, 1.54) is 0 Å². The van der Waals surface area contributed by atoms with Crippen LogP contribution in [0.5, 0.6) is 0 Å². The Labute approximate surface area is 140 Å². The van der Waals surface area contributed by atoms with Crippen molar-refractivity contribution < 1.29 is 18.1 Å². The van der Waals surface area contributed by atoms with Gasteiger partial charge in [0.15, 0.2) is 16.7 Å². The van der Waals surface area contributed by atoms with E-state index in [9.17, 15) is 4.57 Å². The molecule has 0 heterocycles. The first-order chi connectivity index (χ1) is 7.86. The van der Waals surface area contributed by atoms with Crippen LogP contribution in [0.1, 0.15) is 0 Å². The zero-order valence-corrected chi connectivity index (χ0v) is 16.1. The molecule has 0 N–H and O–H groups in total. The lowest BCUT2D eigenvalue weighted by molar-refractivity contribution is 0.100. The van der Waals surface area contributed by atoms with Crippen LogP contribution >= 0.6 is 90.4 Å². The van der Waals surface area contributed by atoms with Crippen molar-refractivity contribution in [2.75, 3.05) is 16.0 Å². The van der Waals surface area contributed by atoms with Gasteiger partial charge in [-0.3, -0.25) is 13.6 Å². The van der Waals surface area contributed by atoms with Gasteiger partial charge in [-0.05, 0) is 0 Å². The SMILES string of the molecule is O=P(OC(Cl)CBr)(OC(Cl)CBr)OC(Cl)CBr. The summed E-state index contributed by atoms with van der Waals surface area (Å²) in [5.74, 6) is 0. The normalized spacial score (nSPS) is 20.6. The summed E-state index contributed by atoms with van der Waals surface area (Å²) in [6, 6.07) is 0. The Morgan fingerprint density at radius 1 is 0.824 bits per heavy atom. The number of rotatable bonds is 9. The van der Waals surface area contributed by atoms with Crippen LogP contribution in [0.3, 0.4) is 0 Å². The van der Waals surface area contributed by atoms with Crippen LogP contribution in [0.2, 0.25) is 0 Å². The van der Waals surface area contributed by atoms with Crippen LogP contribution in [0.15, 0.2) is 0 Å². The Morgan fingerprint density at radius 3 is 1.24 bits per heavy atom. The van der Waals surface area contributed by atoms with Gasteiger partial charge in [-0.25, -0.2) is 4.57 Å². The third-order valence-corrected chi connectivity index (χ3v) is 6.62. The first-order valence-corrected chi connectivity index (χ1v) is 10.3. The van der Waals surface area contributed by atoms with Gasteiger partial charge in [0.2, 0.25) is 0 Å². The van der Waals surface area contributed by atoms with Crippen molar-refractivity contribution in [3.8, 4) is 0 Å². The molecule has 0 aromatic carbocycles. The van der Waals surface area contributed by atoms with E-state index in [0.29, 0.717) is 0 Å². The van der Waals surface area contributed by atoms with Crippen molar-refractivity contribution >= 4 is 90.4 Å². The van der Waals surface area contributed by atoms with E-state index in [1.54, 1.807) is 0 Å². The highest BCUT2D eigenvalue weighted by Crippen LogP contribution is 2.54. The molecule has 17 heavy (non-hydrogen) atoms. The van der Waals surface area contributed by atoms with E-state index in [-0.39, 0.29) is 16.0 Å². The van der Waals surface area contributed by atoms with Crippen molar-refractivity contribution in [3.05, 3.63) is 0 Å². The monoisotopic (exact) mass is 518 g/mol. The number of phosphoric acid groups is 1. The van der Waals surface area contributed by atoms with Gasteiger partial charge in [-0.1, -0.05) is 82.6 Å². The van der Waals surface area contributed by atoms with E-state index >= 15 is 0 Å². The molecule has 3 atom stereocenters. The molecule has 0 saturated carbocycles. The highest BCUT2D eigenvalue weighted by molar-refractivity contribution is 9.09. The molecule has 0 amide bonds. The maximum absolute atomic E-state index is 12.1. The Morgan fingerprint density at radius 2 is 1.06 bits per heavy atom. The summed E-state index contributed by atoms with van der Waals surface area (Å²) in [6.07, 6.45) is 0. The molecule has 0 aliphatic carbocycles. The molecule has 0 fully saturated rings. The van der Waals surface area contributed by atoms with Crippen molar-refractivity contribution in [3.63, 3.8) is 0 Å². The zero-order chi connectivity index (χ0) is 13.5. The van der Waals surface area contributed by atoms with E-state index < -0.39 is 24.5 Å². The van der Waals surface area contributed by atoms with Crippen molar-refractivity contribution in [1.82, 2.24) is 0 Å². The summed E-state index contributed by atoms with van der Waals surface area (Å²) >= 11 is 26.3. The number of alkyl halides is 6. The molecule has 4 nitrogen and oxygen atoms in total. The minimum atomic E-state index is -3.92. The summed E-state index contributed by atoms with van der Waals surface area (Å²) in [5.41, 5.74) is -2.67. The number of hydrogen-bond donors (Lipinski definition) is 0. The van der Waals surface area contributed by atoms with Crippen molar-refractivity contribution in [2.45, 2.75) is 16.7 Å². The molecule has 104 valence electrons. The predicted molar refractivity (Wildman–Crippen MR) is 81.2 cm³/mol. The molecule has 0 bridgehead atoms. The fourth-order valence-electron chi connectivity index (χ4n) is 0.579. The Balaban J connectivity index is 4.62. The van der Waals surface area contributed by atoms with Crippen LogP contribution in [-0.2, 0) is 18.1 Å². The lowest BCUT2D eigenvalue weighted by Crippen LogP contribution is -2.16. The summed E-state index contributed by atoms with van der Waals surface area (Å²) in [7, 11) is -3.92. The molecule has 0 aliphatic rings. The maximum Gasteiger partial charge on any atom is 0.479 e. The zero-order valence-electron chi connectivity index (χ0n) is 8.20. The van der Waals surface area contributed by atoms with Crippen LogP contribution in [0, 0.1) is 0 Å². The van der Waals surface area contributed by atoms with E-state index in [0.717, 1.165) is 0 Å². The molecular weight excluding hydrogens is 513 g/mol. The second kappa shape index (κ2) is 10.2. The van der Waals surface area contributed by atoms with Crippen LogP contribution < -0.4 is 0 Å². The minimum absolute atomic E-state index is 0.244. The van der Waals surface area contributed by atoms with Crippen molar-refractivity contribution in [1.29, 1.82) is 0 Å². The van der Waals surface area contributed by atoms with Gasteiger partial charge in [-0.2, -0.15) is 0 Å². The molecule has 0 aromatic rings. The van der Waals surface area contributed by atoms with Crippen molar-refractivity contribution in [2.24, 2.45) is 0 Å². The van der Waals surface area contributed by atoms with Crippen LogP contribution in [0.25, 0.3) is 0 Å². The average Bonchev–Trinajstić information content (AvgIpc) is 2.27. The molecule has 0 aliphatic heterocycles. The minimum Gasteiger partial charge on any atom is -0.266 e. The predicted octanol–water partition coefficient (Wildman–Crippen LogP) is 5.02. The fraction of sp³-hybridized carbons (Fsp3) is 1.00. The number of phosphoric ester groups is 1. The first-order valence-electron chi connectivity index (χ1n) is 4.12. The lowest BCUT2D eigenvalue weighted by Gasteiger charge is -2.22. The second-order valence-electron chi connectivity index (χ2n) is 2.46. The third kappa shape index (κ3) is 9.05. The second-order valence-corrected chi connectivity index (χ2v) is 7.39. The Kier molecular flexibility index (Phi) is 11.6. The Bertz CT molecular complexity index is 225. The molecule has 0 spiro atoms. The van der Waals surface area contributed by atoms with Gasteiger partial charge in [0.1, 0.15) is 0 Å². The summed E-state index contributed by atoms with van der Waals surface area (Å²) < 4.78 is 27.0. The van der Waals surface area contributed by atoms with E-state index in [1.807, 2.05) is 0 Å². The highest BCUT2D eigenvalue weighted by Gasteiger charge is 2.35. The topological polar surface area (TPSA) is 44.8 Å². The smallest absolute Gasteiger partial charge is 0.266 e. The summed E-state index contributed by atoms with van der Waals surface area (Å²) in [4.78, 5) is 0. The molecule has 0 rings (SSSR count). The van der Waals surface area contributed by atoms with Gasteiger partial charge in [0.05, 0.1) is 0 Å². The molecule has 3 unspecified atom stereocenters. The molecule has 0 saturated heterocycles. The van der Waals surface area contributed by atoms with Crippen LogP contribution in [0.4, 0.5) is 0 Å². The van der Waals surface area contributed by atoms with Gasteiger partial charge < -0.3 is 0 Å². The number of halogens is 6. The highest BCUT2D eigenvalue weighted by atomic mass is 79.9. The lowest BCUT2D eigenvalue weighted by atomic mass is 10.9. The average molecular weight is 522 g/mol. The third-order valence-electron chi connectivity index (χ3n) is 1.09. The largest absolute Gasteiger partial charge is 0.479 e. The summed E-state index contributed by atoms with van der Waals surface area (Å²) in [5, 5.41) is 0.732. The molecular formula is C6H9Br3Cl3O4P. The number of hydrogen-bond acceptors (Lipinski definition) is 4. The van der Waals surface area contributed by atoms with Gasteiger partial charge in [0.25, 0.3) is 0 Å². The van der Waals surface area contributed by atoms with Gasteiger partial charge in [-0.15, -0.1) is 0 Å². The molecule has 0 aromatic heterocycles. The standard InChI is InChI=1S/C6H9Br3Cl3O4P/c7-1-4(10)14-17(13,15-5(11)2-8)16-6(12)3-9/h4-6H,1-3H2. The molecule has 11 heteroatoms. The fourth-order valence-corrected chi connectivity index (χ4v) is 3.68. The molecule has 0 radical (unpaired) electrons. The first kappa shape index (κ1) is 19.4. The van der Waals surface area contributed by atoms with E-state index in [4.69, 9.17) is 48.4 Å². The van der Waals surface area contributed by atoms with Gasteiger partial charge in [0, 0.05) is 16.0 Å². The van der Waals surface area contributed by atoms with E-state index in [2.05, 4.69) is 47.8 Å².